The maximum Gasteiger partial charge on any atom is 0.123 e. The minimum atomic E-state index is 0.329. The number of hydrogen-bond donors (Lipinski definition) is 1. The van der Waals surface area contributed by atoms with Gasteiger partial charge in [-0.3, -0.25) is 0 Å². The molecule has 0 aromatic heterocycles. The Morgan fingerprint density at radius 2 is 2.26 bits per heavy atom. The number of benzene rings is 1. The number of nitrogens with one attached hydrogen (secondary N) is 1. The first-order chi connectivity index (χ1) is 9.08. The largest absolute Gasteiger partial charge is 0.490 e. The molecule has 106 valence electrons. The van der Waals surface area contributed by atoms with Crippen molar-refractivity contribution in [1.82, 2.24) is 10.2 Å². The molecule has 2 atom stereocenters. The lowest BCUT2D eigenvalue weighted by Crippen LogP contribution is -2.36. The number of nitrogens with zero attached hydrogens (tertiary/aromatic N) is 1. The Hall–Kier alpha value is -1.06. The monoisotopic (exact) mass is 262 g/mol. The zero-order valence-corrected chi connectivity index (χ0v) is 12.6. The van der Waals surface area contributed by atoms with E-state index in [-0.39, 0.29) is 0 Å². The second-order valence-electron chi connectivity index (χ2n) is 5.71. The number of ether oxygens (including phenoxy) is 1. The predicted octanol–water partition coefficient (Wildman–Crippen LogP) is 2.44. The van der Waals surface area contributed by atoms with E-state index in [0.717, 1.165) is 31.8 Å². The van der Waals surface area contributed by atoms with Crippen molar-refractivity contribution in [3.63, 3.8) is 0 Å². The summed E-state index contributed by atoms with van der Waals surface area (Å²) in [4.78, 5) is 2.33. The summed E-state index contributed by atoms with van der Waals surface area (Å²) < 4.78 is 5.73. The van der Waals surface area contributed by atoms with Gasteiger partial charge in [-0.15, -0.1) is 0 Å². The lowest BCUT2D eigenvalue weighted by Gasteiger charge is -2.20. The van der Waals surface area contributed by atoms with Crippen LogP contribution in [0.4, 0.5) is 0 Å². The first-order valence-electron chi connectivity index (χ1n) is 7.29. The molecule has 3 heteroatoms. The van der Waals surface area contributed by atoms with E-state index in [1.807, 2.05) is 0 Å². The van der Waals surface area contributed by atoms with Crippen LogP contribution < -0.4 is 10.1 Å². The molecule has 1 aliphatic rings. The number of likely N-dealkylation sites (N-methyl/N-ethyl adjacent to an activating group) is 1. The summed E-state index contributed by atoms with van der Waals surface area (Å²) in [5, 5.41) is 3.58. The van der Waals surface area contributed by atoms with Gasteiger partial charge in [0, 0.05) is 25.6 Å². The Balaban J connectivity index is 1.85. The Kier molecular flexibility index (Phi) is 4.83. The van der Waals surface area contributed by atoms with Crippen molar-refractivity contribution in [1.29, 1.82) is 0 Å². The van der Waals surface area contributed by atoms with E-state index in [1.54, 1.807) is 0 Å². The average Bonchev–Trinajstić information content (AvgIpc) is 2.75. The van der Waals surface area contributed by atoms with E-state index in [2.05, 4.69) is 56.2 Å². The molecule has 3 nitrogen and oxygen atoms in total. The van der Waals surface area contributed by atoms with E-state index < -0.39 is 0 Å². The molecule has 0 radical (unpaired) electrons. The van der Waals surface area contributed by atoms with Gasteiger partial charge in [-0.05, 0) is 44.6 Å². The Bertz CT molecular complexity index is 419. The molecule has 1 aliphatic heterocycles. The molecular formula is C16H26N2O. The lowest BCUT2D eigenvalue weighted by molar-refractivity contribution is 0.254. The predicted molar refractivity (Wildman–Crippen MR) is 79.7 cm³/mol. The highest BCUT2D eigenvalue weighted by Gasteiger charge is 2.18. The lowest BCUT2D eigenvalue weighted by atomic mass is 10.1. The van der Waals surface area contributed by atoms with E-state index in [9.17, 15) is 0 Å². The maximum absolute atomic E-state index is 5.73. The molecular weight excluding hydrogens is 236 g/mol. The third-order valence-corrected chi connectivity index (χ3v) is 3.74. The molecule has 0 spiro atoms. The standard InChI is InChI=1S/C16H26N2O/c1-5-18(4)11-12(2)17-10-14-6-7-16-15(9-14)8-13(3)19-16/h6-7,9,12-13,17H,5,8,10-11H2,1-4H3. The maximum atomic E-state index is 5.73. The van der Waals surface area contributed by atoms with Crippen LogP contribution in [0.3, 0.4) is 0 Å². The van der Waals surface area contributed by atoms with Crippen molar-refractivity contribution in [3.8, 4) is 5.75 Å². The molecule has 0 saturated carbocycles. The van der Waals surface area contributed by atoms with E-state index in [1.165, 1.54) is 11.1 Å². The fourth-order valence-corrected chi connectivity index (χ4v) is 2.54. The number of rotatable bonds is 6. The van der Waals surface area contributed by atoms with Crippen LogP contribution in [0.5, 0.6) is 5.75 Å². The smallest absolute Gasteiger partial charge is 0.123 e. The van der Waals surface area contributed by atoms with Crippen LogP contribution in [-0.2, 0) is 13.0 Å². The Morgan fingerprint density at radius 1 is 1.47 bits per heavy atom. The number of fused-ring (bicyclic) bond motifs is 1. The van der Waals surface area contributed by atoms with Gasteiger partial charge in [-0.2, -0.15) is 0 Å². The number of hydrogen-bond acceptors (Lipinski definition) is 3. The van der Waals surface area contributed by atoms with Gasteiger partial charge in [-0.1, -0.05) is 19.1 Å². The summed E-state index contributed by atoms with van der Waals surface area (Å²) >= 11 is 0. The SMILES string of the molecule is CCN(C)CC(C)NCc1ccc2c(c1)CC(C)O2. The van der Waals surface area contributed by atoms with Gasteiger partial charge in [0.1, 0.15) is 11.9 Å². The fourth-order valence-electron chi connectivity index (χ4n) is 2.54. The van der Waals surface area contributed by atoms with Gasteiger partial charge in [0.25, 0.3) is 0 Å². The second kappa shape index (κ2) is 6.40. The minimum Gasteiger partial charge on any atom is -0.490 e. The highest BCUT2D eigenvalue weighted by Crippen LogP contribution is 2.29. The van der Waals surface area contributed by atoms with Crippen molar-refractivity contribution >= 4 is 0 Å². The van der Waals surface area contributed by atoms with Crippen LogP contribution in [0, 0.1) is 0 Å². The van der Waals surface area contributed by atoms with Crippen molar-refractivity contribution in [3.05, 3.63) is 29.3 Å². The van der Waals surface area contributed by atoms with Crippen LogP contribution in [0.1, 0.15) is 31.9 Å². The minimum absolute atomic E-state index is 0.329. The zero-order valence-electron chi connectivity index (χ0n) is 12.6. The molecule has 1 heterocycles. The molecule has 1 aromatic carbocycles. The molecule has 19 heavy (non-hydrogen) atoms. The first kappa shape index (κ1) is 14.4. The summed E-state index contributed by atoms with van der Waals surface area (Å²) in [6.07, 6.45) is 1.37. The van der Waals surface area contributed by atoms with Crippen LogP contribution in [0.15, 0.2) is 18.2 Å². The van der Waals surface area contributed by atoms with Crippen molar-refractivity contribution in [2.24, 2.45) is 0 Å². The van der Waals surface area contributed by atoms with Crippen LogP contribution in [0.25, 0.3) is 0 Å². The first-order valence-corrected chi connectivity index (χ1v) is 7.29. The molecule has 0 fully saturated rings. The highest BCUT2D eigenvalue weighted by molar-refractivity contribution is 5.40. The van der Waals surface area contributed by atoms with E-state index in [4.69, 9.17) is 4.74 Å². The van der Waals surface area contributed by atoms with Gasteiger partial charge in [-0.25, -0.2) is 0 Å². The van der Waals surface area contributed by atoms with Gasteiger partial charge in [0.05, 0.1) is 0 Å². The van der Waals surface area contributed by atoms with Crippen molar-refractivity contribution in [2.75, 3.05) is 20.1 Å². The summed E-state index contributed by atoms with van der Waals surface area (Å²) in [6.45, 7) is 9.67. The molecule has 1 aromatic rings. The van der Waals surface area contributed by atoms with Gasteiger partial charge in [0.2, 0.25) is 0 Å². The summed E-state index contributed by atoms with van der Waals surface area (Å²) in [5.41, 5.74) is 2.70. The fraction of sp³-hybridized carbons (Fsp3) is 0.625. The van der Waals surface area contributed by atoms with Gasteiger partial charge in [0.15, 0.2) is 0 Å². The topological polar surface area (TPSA) is 24.5 Å². The average molecular weight is 262 g/mol. The van der Waals surface area contributed by atoms with E-state index >= 15 is 0 Å². The second-order valence-corrected chi connectivity index (χ2v) is 5.71. The van der Waals surface area contributed by atoms with Crippen LogP contribution in [-0.4, -0.2) is 37.2 Å². The quantitative estimate of drug-likeness (QED) is 0.852. The molecule has 0 aliphatic carbocycles. The molecule has 2 rings (SSSR count). The zero-order chi connectivity index (χ0) is 13.8. The van der Waals surface area contributed by atoms with Gasteiger partial charge < -0.3 is 15.0 Å². The Morgan fingerprint density at radius 3 is 3.00 bits per heavy atom. The molecule has 0 saturated heterocycles. The van der Waals surface area contributed by atoms with Crippen LogP contribution >= 0.6 is 0 Å². The molecule has 2 unspecified atom stereocenters. The summed E-state index contributed by atoms with van der Waals surface area (Å²) in [6, 6.07) is 7.06. The molecule has 0 amide bonds. The summed E-state index contributed by atoms with van der Waals surface area (Å²) in [7, 11) is 2.16. The molecule has 0 bridgehead atoms. The third kappa shape index (κ3) is 3.95. The van der Waals surface area contributed by atoms with Crippen LogP contribution in [0.2, 0.25) is 0 Å². The van der Waals surface area contributed by atoms with E-state index in [0.29, 0.717) is 12.1 Å². The highest BCUT2D eigenvalue weighted by atomic mass is 16.5. The molecule has 1 N–H and O–H groups in total. The Labute approximate surface area is 116 Å². The van der Waals surface area contributed by atoms with Crippen molar-refractivity contribution in [2.45, 2.75) is 45.9 Å². The van der Waals surface area contributed by atoms with Gasteiger partial charge >= 0.3 is 0 Å². The van der Waals surface area contributed by atoms with Crippen molar-refractivity contribution < 1.29 is 4.74 Å². The summed E-state index contributed by atoms with van der Waals surface area (Å²) in [5.74, 6) is 1.06. The third-order valence-electron chi connectivity index (χ3n) is 3.74. The normalized spacial score (nSPS) is 19.3.